The van der Waals surface area contributed by atoms with E-state index in [1.807, 2.05) is 4.57 Å². The molecule has 2 aromatic rings. The molecule has 0 saturated heterocycles. The topological polar surface area (TPSA) is 92.9 Å². The molecule has 2 N–H and O–H groups in total. The number of imidazole rings is 1. The molecule has 7 nitrogen and oxygen atoms in total. The predicted molar refractivity (Wildman–Crippen MR) is 120 cm³/mol. The van der Waals surface area contributed by atoms with Gasteiger partial charge in [0.2, 0.25) is 0 Å². The van der Waals surface area contributed by atoms with Gasteiger partial charge in [-0.25, -0.2) is 9.78 Å². The summed E-state index contributed by atoms with van der Waals surface area (Å²) in [6.07, 6.45) is 12.0. The van der Waals surface area contributed by atoms with Crippen LogP contribution in [0.4, 0.5) is 0 Å². The normalized spacial score (nSPS) is 12.7. The van der Waals surface area contributed by atoms with Crippen molar-refractivity contribution in [2.75, 3.05) is 5.75 Å². The summed E-state index contributed by atoms with van der Waals surface area (Å²) in [5.74, 6) is 0.493. The Bertz CT molecular complexity index is 869. The van der Waals surface area contributed by atoms with Crippen molar-refractivity contribution in [3.8, 4) is 0 Å². The van der Waals surface area contributed by atoms with E-state index in [0.29, 0.717) is 28.6 Å². The Morgan fingerprint density at radius 2 is 1.62 bits per heavy atom. The highest BCUT2D eigenvalue weighted by Crippen LogP contribution is 2.23. The number of hydrogen-bond acceptors (Lipinski definition) is 5. The Kier molecular flexibility index (Phi) is 10.0. The zero-order chi connectivity index (χ0) is 21.2. The largest absolute Gasteiger partial charge is 0.393 e. The molecule has 0 amide bonds. The molecule has 2 aromatic heterocycles. The van der Waals surface area contributed by atoms with E-state index < -0.39 is 17.4 Å². The second-order valence-electron chi connectivity index (χ2n) is 7.88. The van der Waals surface area contributed by atoms with Gasteiger partial charge in [0.05, 0.1) is 6.10 Å². The van der Waals surface area contributed by atoms with Crippen LogP contribution < -0.4 is 11.2 Å². The molecule has 2 rings (SSSR count). The maximum Gasteiger partial charge on any atom is 0.329 e. The van der Waals surface area contributed by atoms with Crippen molar-refractivity contribution < 1.29 is 5.11 Å². The molecule has 0 saturated carbocycles. The highest BCUT2D eigenvalue weighted by molar-refractivity contribution is 7.99. The molecule has 0 aliphatic heterocycles. The molecule has 0 aliphatic carbocycles. The lowest BCUT2D eigenvalue weighted by Gasteiger charge is -2.09. The Hall–Kier alpha value is -1.54. The average molecular weight is 425 g/mol. The van der Waals surface area contributed by atoms with E-state index in [0.717, 1.165) is 12.8 Å². The van der Waals surface area contributed by atoms with E-state index in [1.54, 1.807) is 14.0 Å². The zero-order valence-electron chi connectivity index (χ0n) is 18.1. The molecule has 8 heteroatoms. The number of nitrogens with one attached hydrogen (secondary N) is 1. The Morgan fingerprint density at radius 3 is 2.21 bits per heavy atom. The van der Waals surface area contributed by atoms with E-state index in [2.05, 4.69) is 16.9 Å². The summed E-state index contributed by atoms with van der Waals surface area (Å²) in [5.41, 5.74) is -0.0141. The van der Waals surface area contributed by atoms with Gasteiger partial charge in [-0.15, -0.1) is 0 Å². The molecule has 1 atom stereocenters. The fourth-order valence-electron chi connectivity index (χ4n) is 3.48. The van der Waals surface area contributed by atoms with Crippen LogP contribution >= 0.6 is 11.8 Å². The molecule has 29 heavy (non-hydrogen) atoms. The van der Waals surface area contributed by atoms with Crippen LogP contribution in [0.3, 0.4) is 0 Å². The molecule has 2 heterocycles. The van der Waals surface area contributed by atoms with Crippen LogP contribution in [0.15, 0.2) is 14.7 Å². The number of aliphatic hydroxyl groups excluding tert-OH is 1. The Balaban J connectivity index is 1.96. The molecule has 0 unspecified atom stereocenters. The van der Waals surface area contributed by atoms with Crippen molar-refractivity contribution in [2.24, 2.45) is 7.05 Å². The molecule has 0 radical (unpaired) electrons. The summed E-state index contributed by atoms with van der Waals surface area (Å²) in [6.45, 7) is 4.66. The zero-order valence-corrected chi connectivity index (χ0v) is 18.9. The molecule has 0 aromatic carbocycles. The van der Waals surface area contributed by atoms with Gasteiger partial charge in [0.25, 0.3) is 5.56 Å². The van der Waals surface area contributed by atoms with Gasteiger partial charge in [-0.05, 0) is 13.3 Å². The lowest BCUT2D eigenvalue weighted by atomic mass is 10.1. The van der Waals surface area contributed by atoms with E-state index in [9.17, 15) is 14.7 Å². The van der Waals surface area contributed by atoms with Crippen molar-refractivity contribution in [3.63, 3.8) is 0 Å². The first-order valence-electron chi connectivity index (χ1n) is 11.0. The van der Waals surface area contributed by atoms with Gasteiger partial charge in [-0.3, -0.25) is 14.3 Å². The van der Waals surface area contributed by atoms with Crippen LogP contribution in [0.2, 0.25) is 0 Å². The predicted octanol–water partition coefficient (Wildman–Crippen LogP) is 3.82. The van der Waals surface area contributed by atoms with Gasteiger partial charge in [0, 0.05) is 19.3 Å². The van der Waals surface area contributed by atoms with Crippen molar-refractivity contribution in [1.29, 1.82) is 0 Å². The van der Waals surface area contributed by atoms with Crippen LogP contribution in [0.25, 0.3) is 11.2 Å². The number of hydrogen-bond donors (Lipinski definition) is 2. The minimum absolute atomic E-state index is 0.397. The summed E-state index contributed by atoms with van der Waals surface area (Å²) in [6, 6.07) is 0. The first kappa shape index (κ1) is 23.7. The maximum atomic E-state index is 12.4. The number of aromatic nitrogens is 4. The number of nitrogens with zero attached hydrogens (tertiary/aromatic N) is 3. The van der Waals surface area contributed by atoms with Gasteiger partial charge in [0.1, 0.15) is 0 Å². The van der Waals surface area contributed by atoms with Crippen LogP contribution in [0, 0.1) is 0 Å². The van der Waals surface area contributed by atoms with Crippen LogP contribution in [0.5, 0.6) is 0 Å². The summed E-state index contributed by atoms with van der Waals surface area (Å²) >= 11 is 1.42. The van der Waals surface area contributed by atoms with Crippen LogP contribution in [-0.2, 0) is 13.6 Å². The quantitative estimate of drug-likeness (QED) is 0.355. The molecule has 0 aliphatic rings. The van der Waals surface area contributed by atoms with E-state index in [4.69, 9.17) is 0 Å². The van der Waals surface area contributed by atoms with Gasteiger partial charge in [-0.2, -0.15) is 0 Å². The number of aliphatic hydroxyl groups is 1. The average Bonchev–Trinajstić information content (AvgIpc) is 3.05. The number of fused-ring (bicyclic) bond motifs is 1. The smallest absolute Gasteiger partial charge is 0.329 e. The number of thioether (sulfide) groups is 1. The first-order chi connectivity index (χ1) is 14.0. The molecular weight excluding hydrogens is 388 g/mol. The molecule has 0 fully saturated rings. The third-order valence-electron chi connectivity index (χ3n) is 5.16. The van der Waals surface area contributed by atoms with Crippen molar-refractivity contribution in [3.05, 3.63) is 20.8 Å². The standard InChI is InChI=1S/C21H36N4O3S/c1-4-5-6-7-8-9-10-11-12-13-14-25-17-18(22-21(25)29-15-16(2)26)24(3)20(28)23-19(17)27/h16,26H,4-15H2,1-3H3,(H,23,27,28)/t16-/m0/s1. The van der Waals surface area contributed by atoms with Gasteiger partial charge < -0.3 is 9.67 Å². The van der Waals surface area contributed by atoms with E-state index in [1.165, 1.54) is 67.7 Å². The third kappa shape index (κ3) is 7.03. The summed E-state index contributed by atoms with van der Waals surface area (Å²) in [7, 11) is 1.61. The van der Waals surface area contributed by atoms with Crippen molar-refractivity contribution in [1.82, 2.24) is 19.1 Å². The Morgan fingerprint density at radius 1 is 1.03 bits per heavy atom. The fourth-order valence-corrected chi connectivity index (χ4v) is 4.36. The van der Waals surface area contributed by atoms with Gasteiger partial charge >= 0.3 is 5.69 Å². The summed E-state index contributed by atoms with van der Waals surface area (Å²) in [4.78, 5) is 31.2. The van der Waals surface area contributed by atoms with E-state index in [-0.39, 0.29) is 0 Å². The van der Waals surface area contributed by atoms with E-state index >= 15 is 0 Å². The first-order valence-corrected chi connectivity index (χ1v) is 11.9. The highest BCUT2D eigenvalue weighted by atomic mass is 32.2. The summed E-state index contributed by atoms with van der Waals surface area (Å²) < 4.78 is 3.28. The number of aryl methyl sites for hydroxylation is 2. The number of unbranched alkanes of at least 4 members (excludes halogenated alkanes) is 9. The molecular formula is C21H36N4O3S. The number of rotatable bonds is 14. The maximum absolute atomic E-state index is 12.4. The van der Waals surface area contributed by atoms with Crippen molar-refractivity contribution in [2.45, 2.75) is 95.9 Å². The Labute approximate surface area is 176 Å². The lowest BCUT2D eigenvalue weighted by Crippen LogP contribution is -2.29. The van der Waals surface area contributed by atoms with Crippen LogP contribution in [-0.4, -0.2) is 36.1 Å². The van der Waals surface area contributed by atoms with Gasteiger partial charge in [0.15, 0.2) is 16.3 Å². The minimum Gasteiger partial charge on any atom is -0.393 e. The second-order valence-corrected chi connectivity index (χ2v) is 8.87. The number of H-pyrrole nitrogens is 1. The highest BCUT2D eigenvalue weighted by Gasteiger charge is 2.17. The van der Waals surface area contributed by atoms with Crippen LogP contribution in [0.1, 0.15) is 78.1 Å². The van der Waals surface area contributed by atoms with Gasteiger partial charge in [-0.1, -0.05) is 76.5 Å². The minimum atomic E-state index is -0.465. The summed E-state index contributed by atoms with van der Waals surface area (Å²) in [5, 5.41) is 10.3. The molecule has 0 bridgehead atoms. The monoisotopic (exact) mass is 424 g/mol. The lowest BCUT2D eigenvalue weighted by molar-refractivity contribution is 0.220. The molecule has 164 valence electrons. The third-order valence-corrected chi connectivity index (χ3v) is 6.38. The molecule has 0 spiro atoms. The SMILES string of the molecule is CCCCCCCCCCCCn1c(SC[C@H](C)O)nc2c1c(=O)[nH]c(=O)n2C. The van der Waals surface area contributed by atoms with Crippen molar-refractivity contribution >= 4 is 22.9 Å². The fraction of sp³-hybridized carbons (Fsp3) is 0.762. The second kappa shape index (κ2) is 12.2. The number of aromatic amines is 1.